The van der Waals surface area contributed by atoms with Gasteiger partial charge in [-0.1, -0.05) is 24.3 Å². The van der Waals surface area contributed by atoms with Crippen molar-refractivity contribution in [1.82, 2.24) is 0 Å². The molecule has 1 aromatic rings. The normalized spacial score (nSPS) is 36.4. The van der Waals surface area contributed by atoms with E-state index in [1.165, 1.54) is 11.1 Å². The Labute approximate surface area is 107 Å². The molecular weight excluding hydrogens is 228 g/mol. The summed E-state index contributed by atoms with van der Waals surface area (Å²) in [6.45, 7) is 2.73. The van der Waals surface area contributed by atoms with Crippen LogP contribution in [-0.4, -0.2) is 37.6 Å². The first-order valence-corrected chi connectivity index (χ1v) is 6.77. The van der Waals surface area contributed by atoms with E-state index in [1.54, 1.807) is 0 Å². The average molecular weight is 246 g/mol. The lowest BCUT2D eigenvalue weighted by molar-refractivity contribution is 0.258. The van der Waals surface area contributed by atoms with Crippen LogP contribution in [0.3, 0.4) is 0 Å². The molecule has 96 valence electrons. The summed E-state index contributed by atoms with van der Waals surface area (Å²) in [6.07, 6.45) is 4.03. The predicted molar refractivity (Wildman–Crippen MR) is 66.6 cm³/mol. The maximum atomic E-state index is 5.72. The zero-order valence-corrected chi connectivity index (χ0v) is 10.4. The molecule has 0 N–H and O–H groups in total. The lowest BCUT2D eigenvalue weighted by Crippen LogP contribution is -2.19. The molecule has 3 unspecified atom stereocenters. The maximum absolute atomic E-state index is 5.72. The van der Waals surface area contributed by atoms with Crippen molar-refractivity contribution in [2.45, 2.75) is 37.1 Å². The second-order valence-electron chi connectivity index (χ2n) is 5.74. The van der Waals surface area contributed by atoms with Crippen LogP contribution in [0.1, 0.15) is 17.5 Å². The Morgan fingerprint density at radius 3 is 2.33 bits per heavy atom. The molecule has 0 bridgehead atoms. The van der Waals surface area contributed by atoms with Gasteiger partial charge in [-0.05, 0) is 11.1 Å². The van der Waals surface area contributed by atoms with E-state index in [1.807, 2.05) is 0 Å². The molecule has 18 heavy (non-hydrogen) atoms. The summed E-state index contributed by atoms with van der Waals surface area (Å²) in [6, 6.07) is 8.69. The minimum atomic E-state index is 0.0711. The van der Waals surface area contributed by atoms with Crippen molar-refractivity contribution in [2.75, 3.05) is 19.8 Å². The molecule has 1 aromatic carbocycles. The van der Waals surface area contributed by atoms with E-state index < -0.39 is 0 Å². The molecule has 3 aliphatic rings. The first kappa shape index (κ1) is 11.0. The highest BCUT2D eigenvalue weighted by molar-refractivity contribution is 5.30. The Morgan fingerprint density at radius 1 is 1.06 bits per heavy atom. The number of hydrogen-bond acceptors (Lipinski definition) is 3. The van der Waals surface area contributed by atoms with Crippen molar-refractivity contribution in [1.29, 1.82) is 0 Å². The van der Waals surface area contributed by atoms with Gasteiger partial charge < -0.3 is 14.2 Å². The van der Waals surface area contributed by atoms with Crippen LogP contribution in [0.5, 0.6) is 0 Å². The average Bonchev–Trinajstić information content (AvgIpc) is 3.19. The fourth-order valence-electron chi connectivity index (χ4n) is 2.70. The third kappa shape index (κ3) is 2.44. The molecule has 3 fully saturated rings. The van der Waals surface area contributed by atoms with Gasteiger partial charge in [0.05, 0.1) is 37.6 Å². The highest BCUT2D eigenvalue weighted by atomic mass is 16.6. The van der Waals surface area contributed by atoms with Crippen LogP contribution in [0.4, 0.5) is 0 Å². The molecule has 0 aromatic heterocycles. The molecular formula is C15H18O3. The van der Waals surface area contributed by atoms with E-state index in [-0.39, 0.29) is 5.60 Å². The molecule has 3 heteroatoms. The van der Waals surface area contributed by atoms with Crippen LogP contribution in [0.15, 0.2) is 24.3 Å². The molecule has 0 spiro atoms. The molecule has 0 radical (unpaired) electrons. The Hall–Kier alpha value is -0.900. The van der Waals surface area contributed by atoms with Crippen molar-refractivity contribution in [3.8, 4) is 0 Å². The molecule has 3 nitrogen and oxygen atoms in total. The molecule has 3 aliphatic heterocycles. The topological polar surface area (TPSA) is 37.6 Å². The first-order chi connectivity index (χ1) is 8.83. The van der Waals surface area contributed by atoms with Gasteiger partial charge in [0.1, 0.15) is 0 Å². The lowest BCUT2D eigenvalue weighted by Gasteiger charge is -2.13. The van der Waals surface area contributed by atoms with Crippen LogP contribution in [0.2, 0.25) is 0 Å². The smallest absolute Gasteiger partial charge is 0.0982 e. The molecule has 3 saturated heterocycles. The van der Waals surface area contributed by atoms with Gasteiger partial charge >= 0.3 is 0 Å². The van der Waals surface area contributed by atoms with E-state index in [4.69, 9.17) is 14.2 Å². The molecule has 3 heterocycles. The Morgan fingerprint density at radius 2 is 1.72 bits per heavy atom. The van der Waals surface area contributed by atoms with Crippen LogP contribution in [0.25, 0.3) is 0 Å². The SMILES string of the molecule is c1ccc(CC2(CC3CO3)CO2)c(CC2CO2)c1. The van der Waals surface area contributed by atoms with Crippen LogP contribution < -0.4 is 0 Å². The van der Waals surface area contributed by atoms with E-state index in [0.29, 0.717) is 12.2 Å². The van der Waals surface area contributed by atoms with E-state index >= 15 is 0 Å². The quantitative estimate of drug-likeness (QED) is 0.717. The largest absolute Gasteiger partial charge is 0.373 e. The van der Waals surface area contributed by atoms with E-state index in [9.17, 15) is 0 Å². The highest BCUT2D eigenvalue weighted by Gasteiger charge is 2.49. The molecule has 0 amide bonds. The number of epoxide rings is 3. The fourth-order valence-corrected chi connectivity index (χ4v) is 2.70. The summed E-state index contributed by atoms with van der Waals surface area (Å²) >= 11 is 0. The summed E-state index contributed by atoms with van der Waals surface area (Å²) in [5.41, 5.74) is 2.92. The summed E-state index contributed by atoms with van der Waals surface area (Å²) < 4.78 is 16.4. The second-order valence-corrected chi connectivity index (χ2v) is 5.74. The van der Waals surface area contributed by atoms with Crippen molar-refractivity contribution in [3.63, 3.8) is 0 Å². The van der Waals surface area contributed by atoms with Gasteiger partial charge in [0.15, 0.2) is 0 Å². The molecule has 0 aliphatic carbocycles. The number of ether oxygens (including phenoxy) is 3. The zero-order chi connectivity index (χ0) is 12.0. The predicted octanol–water partition coefficient (Wildman–Crippen LogP) is 1.73. The van der Waals surface area contributed by atoms with Crippen LogP contribution in [-0.2, 0) is 27.1 Å². The Bertz CT molecular complexity index is 445. The summed E-state index contributed by atoms with van der Waals surface area (Å²) in [5.74, 6) is 0. The number of benzene rings is 1. The zero-order valence-electron chi connectivity index (χ0n) is 10.4. The third-order valence-electron chi connectivity index (χ3n) is 4.04. The van der Waals surface area contributed by atoms with Crippen molar-refractivity contribution in [2.24, 2.45) is 0 Å². The second kappa shape index (κ2) is 4.05. The van der Waals surface area contributed by atoms with Gasteiger partial charge in [-0.2, -0.15) is 0 Å². The standard InChI is InChI=1S/C15H18O3/c1-2-4-12(11(3-1)5-13-8-16-13)6-15(10-18-15)7-14-9-17-14/h1-4,13-14H,5-10H2. The Kier molecular flexibility index (Phi) is 2.47. The minimum Gasteiger partial charge on any atom is -0.373 e. The maximum Gasteiger partial charge on any atom is 0.0982 e. The van der Waals surface area contributed by atoms with Crippen LogP contribution >= 0.6 is 0 Å². The number of hydrogen-bond donors (Lipinski definition) is 0. The van der Waals surface area contributed by atoms with Gasteiger partial charge in [0.25, 0.3) is 0 Å². The third-order valence-corrected chi connectivity index (χ3v) is 4.04. The van der Waals surface area contributed by atoms with Crippen molar-refractivity contribution >= 4 is 0 Å². The molecule has 3 atom stereocenters. The summed E-state index contributed by atoms with van der Waals surface area (Å²) in [5, 5.41) is 0. The Balaban J connectivity index is 1.49. The van der Waals surface area contributed by atoms with Gasteiger partial charge in [-0.15, -0.1) is 0 Å². The van der Waals surface area contributed by atoms with Gasteiger partial charge in [-0.3, -0.25) is 0 Å². The minimum absolute atomic E-state index is 0.0711. The van der Waals surface area contributed by atoms with Crippen molar-refractivity contribution in [3.05, 3.63) is 35.4 Å². The van der Waals surface area contributed by atoms with Gasteiger partial charge in [0, 0.05) is 19.3 Å². The highest BCUT2D eigenvalue weighted by Crippen LogP contribution is 2.39. The molecule has 0 saturated carbocycles. The van der Waals surface area contributed by atoms with E-state index in [2.05, 4.69) is 24.3 Å². The van der Waals surface area contributed by atoms with Gasteiger partial charge in [0.2, 0.25) is 0 Å². The summed E-state index contributed by atoms with van der Waals surface area (Å²) in [7, 11) is 0. The number of rotatable bonds is 6. The van der Waals surface area contributed by atoms with E-state index in [0.717, 1.165) is 39.1 Å². The van der Waals surface area contributed by atoms with Gasteiger partial charge in [-0.25, -0.2) is 0 Å². The van der Waals surface area contributed by atoms with Crippen molar-refractivity contribution < 1.29 is 14.2 Å². The molecule has 4 rings (SSSR count). The lowest BCUT2D eigenvalue weighted by atomic mass is 9.91. The monoisotopic (exact) mass is 246 g/mol. The fraction of sp³-hybridized carbons (Fsp3) is 0.600. The van der Waals surface area contributed by atoms with Crippen LogP contribution in [0, 0.1) is 0 Å². The first-order valence-electron chi connectivity index (χ1n) is 6.77. The summed E-state index contributed by atoms with van der Waals surface area (Å²) in [4.78, 5) is 0.